The lowest BCUT2D eigenvalue weighted by molar-refractivity contribution is 0.0370. The Balaban J connectivity index is 2.00. The van der Waals surface area contributed by atoms with Gasteiger partial charge < -0.3 is 9.47 Å². The van der Waals surface area contributed by atoms with Crippen molar-refractivity contribution >= 4 is 0 Å². The second-order valence-electron chi connectivity index (χ2n) is 4.37. The molecule has 0 aromatic heterocycles. The Kier molecular flexibility index (Phi) is 4.57. The van der Waals surface area contributed by atoms with Crippen LogP contribution in [0.25, 0.3) is 0 Å². The molecule has 1 heterocycles. The van der Waals surface area contributed by atoms with Crippen LogP contribution in [0.15, 0.2) is 24.3 Å². The van der Waals surface area contributed by atoms with Gasteiger partial charge in [-0.15, -0.1) is 0 Å². The lowest BCUT2D eigenvalue weighted by Crippen LogP contribution is -2.38. The third-order valence-corrected chi connectivity index (χ3v) is 3.22. The fourth-order valence-corrected chi connectivity index (χ4v) is 2.10. The van der Waals surface area contributed by atoms with Crippen molar-refractivity contribution in [3.8, 4) is 11.8 Å². The summed E-state index contributed by atoms with van der Waals surface area (Å²) in [5.41, 5.74) is 1.05. The van der Waals surface area contributed by atoms with Gasteiger partial charge in [0.05, 0.1) is 32.3 Å². The van der Waals surface area contributed by atoms with Crippen LogP contribution in [0, 0.1) is 11.3 Å². The second kappa shape index (κ2) is 6.39. The van der Waals surface area contributed by atoms with Crippen LogP contribution in [-0.2, 0) is 4.74 Å². The average Bonchev–Trinajstić information content (AvgIpc) is 2.46. The van der Waals surface area contributed by atoms with Crippen LogP contribution in [0.2, 0.25) is 0 Å². The minimum absolute atomic E-state index is 0.0889. The molecule has 0 N–H and O–H groups in total. The predicted octanol–water partition coefficient (Wildman–Crippen LogP) is 1.63. The molecule has 4 heteroatoms. The van der Waals surface area contributed by atoms with Crippen molar-refractivity contribution in [2.24, 2.45) is 0 Å². The van der Waals surface area contributed by atoms with Gasteiger partial charge in [-0.2, -0.15) is 5.26 Å². The molecular weight excluding hydrogens is 228 g/mol. The van der Waals surface area contributed by atoms with Gasteiger partial charge in [0.1, 0.15) is 5.75 Å². The molecule has 1 aliphatic rings. The van der Waals surface area contributed by atoms with Crippen molar-refractivity contribution in [2.75, 3.05) is 40.0 Å². The summed E-state index contributed by atoms with van der Waals surface area (Å²) in [6.45, 7) is 4.12. The summed E-state index contributed by atoms with van der Waals surface area (Å²) in [5.74, 6) is 0.732. The van der Waals surface area contributed by atoms with E-state index < -0.39 is 0 Å². The lowest BCUT2D eigenvalue weighted by atomic mass is 10.00. The van der Waals surface area contributed by atoms with Gasteiger partial charge in [-0.05, 0) is 17.7 Å². The molecular formula is C14H18N2O2. The van der Waals surface area contributed by atoms with Crippen LogP contribution in [0.1, 0.15) is 11.5 Å². The molecule has 1 atom stereocenters. The van der Waals surface area contributed by atoms with Gasteiger partial charge in [0, 0.05) is 19.6 Å². The fourth-order valence-electron chi connectivity index (χ4n) is 2.10. The zero-order valence-corrected chi connectivity index (χ0v) is 10.6. The van der Waals surface area contributed by atoms with Gasteiger partial charge in [-0.25, -0.2) is 0 Å². The van der Waals surface area contributed by atoms with E-state index >= 15 is 0 Å². The zero-order valence-electron chi connectivity index (χ0n) is 10.6. The number of nitriles is 1. The highest BCUT2D eigenvalue weighted by molar-refractivity contribution is 5.32. The molecule has 0 bridgehead atoms. The van der Waals surface area contributed by atoms with Crippen LogP contribution < -0.4 is 4.74 Å². The molecule has 1 fully saturated rings. The lowest BCUT2D eigenvalue weighted by Gasteiger charge is -2.28. The van der Waals surface area contributed by atoms with Crippen LogP contribution in [0.5, 0.6) is 5.75 Å². The van der Waals surface area contributed by atoms with E-state index in [0.717, 1.165) is 44.2 Å². The summed E-state index contributed by atoms with van der Waals surface area (Å²) in [6.07, 6.45) is 0. The maximum absolute atomic E-state index is 9.30. The number of rotatable bonds is 4. The Hall–Kier alpha value is -1.57. The van der Waals surface area contributed by atoms with E-state index in [1.54, 1.807) is 7.11 Å². The first kappa shape index (κ1) is 12.9. The molecule has 1 saturated heterocycles. The van der Waals surface area contributed by atoms with Crippen molar-refractivity contribution in [3.63, 3.8) is 0 Å². The van der Waals surface area contributed by atoms with Gasteiger partial charge >= 0.3 is 0 Å². The van der Waals surface area contributed by atoms with Crippen LogP contribution in [0.4, 0.5) is 0 Å². The van der Waals surface area contributed by atoms with E-state index in [4.69, 9.17) is 9.47 Å². The molecule has 0 spiro atoms. The van der Waals surface area contributed by atoms with Crippen molar-refractivity contribution in [1.29, 1.82) is 5.26 Å². The van der Waals surface area contributed by atoms with Gasteiger partial charge in [0.25, 0.3) is 0 Å². The van der Waals surface area contributed by atoms with E-state index in [1.807, 2.05) is 24.3 Å². The van der Waals surface area contributed by atoms with E-state index in [-0.39, 0.29) is 5.92 Å². The molecule has 96 valence electrons. The largest absolute Gasteiger partial charge is 0.497 e. The zero-order chi connectivity index (χ0) is 12.8. The molecule has 0 amide bonds. The molecule has 0 saturated carbocycles. The van der Waals surface area contributed by atoms with Gasteiger partial charge in [-0.3, -0.25) is 4.90 Å². The monoisotopic (exact) mass is 246 g/mol. The van der Waals surface area contributed by atoms with Crippen LogP contribution in [-0.4, -0.2) is 44.9 Å². The topological polar surface area (TPSA) is 45.5 Å². The molecule has 1 unspecified atom stereocenters. The number of nitrogens with zero attached hydrogens (tertiary/aromatic N) is 2. The Morgan fingerprint density at radius 3 is 2.56 bits per heavy atom. The number of hydrogen-bond donors (Lipinski definition) is 0. The van der Waals surface area contributed by atoms with Crippen molar-refractivity contribution in [2.45, 2.75) is 5.92 Å². The molecule has 0 radical (unpaired) electrons. The highest BCUT2D eigenvalue weighted by Crippen LogP contribution is 2.20. The van der Waals surface area contributed by atoms with Gasteiger partial charge in [0.2, 0.25) is 0 Å². The van der Waals surface area contributed by atoms with Gasteiger partial charge in [-0.1, -0.05) is 12.1 Å². The summed E-state index contributed by atoms with van der Waals surface area (Å²) >= 11 is 0. The summed E-state index contributed by atoms with van der Waals surface area (Å²) < 4.78 is 10.4. The van der Waals surface area contributed by atoms with Crippen LogP contribution >= 0.6 is 0 Å². The maximum Gasteiger partial charge on any atom is 0.118 e. The maximum atomic E-state index is 9.30. The Labute approximate surface area is 108 Å². The average molecular weight is 246 g/mol. The highest BCUT2D eigenvalue weighted by Gasteiger charge is 2.17. The third kappa shape index (κ3) is 3.22. The molecule has 4 nitrogen and oxygen atoms in total. The second-order valence-corrected chi connectivity index (χ2v) is 4.37. The van der Waals surface area contributed by atoms with E-state index in [9.17, 15) is 5.26 Å². The Morgan fingerprint density at radius 1 is 1.33 bits per heavy atom. The predicted molar refractivity (Wildman–Crippen MR) is 68.6 cm³/mol. The first-order valence-electron chi connectivity index (χ1n) is 6.17. The SMILES string of the molecule is COc1ccc(C(C#N)CN2CCOCC2)cc1. The fraction of sp³-hybridized carbons (Fsp3) is 0.500. The molecule has 1 aliphatic heterocycles. The number of ether oxygens (including phenoxy) is 2. The molecule has 18 heavy (non-hydrogen) atoms. The third-order valence-electron chi connectivity index (χ3n) is 3.22. The molecule has 2 rings (SSSR count). The van der Waals surface area contributed by atoms with Crippen LogP contribution in [0.3, 0.4) is 0 Å². The number of hydrogen-bond acceptors (Lipinski definition) is 4. The van der Waals surface area contributed by atoms with E-state index in [0.29, 0.717) is 0 Å². The summed E-state index contributed by atoms with van der Waals surface area (Å²) in [7, 11) is 1.64. The summed E-state index contributed by atoms with van der Waals surface area (Å²) in [6, 6.07) is 10.1. The minimum atomic E-state index is -0.0889. The first-order valence-corrected chi connectivity index (χ1v) is 6.17. The minimum Gasteiger partial charge on any atom is -0.497 e. The molecule has 0 aliphatic carbocycles. The number of methoxy groups -OCH3 is 1. The molecule has 1 aromatic carbocycles. The first-order chi connectivity index (χ1) is 8.83. The molecule has 1 aromatic rings. The Bertz CT molecular complexity index is 405. The standard InChI is InChI=1S/C14H18N2O2/c1-17-14-4-2-12(3-5-14)13(10-15)11-16-6-8-18-9-7-16/h2-5,13H,6-9,11H2,1H3. The number of morpholine rings is 1. The number of benzene rings is 1. The van der Waals surface area contributed by atoms with E-state index in [1.165, 1.54) is 0 Å². The van der Waals surface area contributed by atoms with Gasteiger partial charge in [0.15, 0.2) is 0 Å². The highest BCUT2D eigenvalue weighted by atomic mass is 16.5. The van der Waals surface area contributed by atoms with Crippen molar-refractivity contribution < 1.29 is 9.47 Å². The quantitative estimate of drug-likeness (QED) is 0.810. The smallest absolute Gasteiger partial charge is 0.118 e. The van der Waals surface area contributed by atoms with Crippen molar-refractivity contribution in [3.05, 3.63) is 29.8 Å². The van der Waals surface area contributed by atoms with Crippen molar-refractivity contribution in [1.82, 2.24) is 4.90 Å². The normalized spacial score (nSPS) is 18.0. The summed E-state index contributed by atoms with van der Waals surface area (Å²) in [5, 5.41) is 9.30. The summed E-state index contributed by atoms with van der Waals surface area (Å²) in [4.78, 5) is 2.28. The Morgan fingerprint density at radius 2 is 2.00 bits per heavy atom. The van der Waals surface area contributed by atoms with E-state index in [2.05, 4.69) is 11.0 Å².